The molecule has 12 nitrogen and oxygen atoms in total. The maximum atomic E-state index is 14.3. The van der Waals surface area contributed by atoms with Crippen LogP contribution in [0.25, 0.3) is 0 Å². The molecule has 0 spiro atoms. The van der Waals surface area contributed by atoms with Gasteiger partial charge in [-0.05, 0) is 87.6 Å². The normalized spacial score (nSPS) is 37.0. The maximum Gasteiger partial charge on any atom is 0.319 e. The largest absolute Gasteiger partial charge is 0.463 e. The molecule has 1 N–H and O–H groups in total. The minimum Gasteiger partial charge on any atom is -0.463 e. The Morgan fingerprint density at radius 3 is 2.23 bits per heavy atom. The van der Waals surface area contributed by atoms with Crippen molar-refractivity contribution < 1.29 is 38.4 Å². The lowest BCUT2D eigenvalue weighted by Gasteiger charge is -2.48. The first kappa shape index (κ1) is 40.8. The monoisotopic (exact) mass is 682 g/mol. The van der Waals surface area contributed by atoms with Gasteiger partial charge in [0.05, 0.1) is 23.9 Å². The lowest BCUT2D eigenvalue weighted by Crippen LogP contribution is -2.62. The number of likely N-dealkylation sites (tertiary alicyclic amines) is 1. The van der Waals surface area contributed by atoms with E-state index in [0.29, 0.717) is 32.5 Å². The molecular weight excluding hydrogens is 616 g/mol. The molecule has 0 aliphatic carbocycles. The number of methoxy groups -OCH3 is 1. The van der Waals surface area contributed by atoms with E-state index in [9.17, 15) is 19.5 Å². The summed E-state index contributed by atoms with van der Waals surface area (Å²) in [6, 6.07) is -0.517. The third-order valence-electron chi connectivity index (χ3n) is 11.4. The van der Waals surface area contributed by atoms with E-state index in [1.807, 2.05) is 51.7 Å². The van der Waals surface area contributed by atoms with Crippen LogP contribution in [0.15, 0.2) is 0 Å². The van der Waals surface area contributed by atoms with Crippen LogP contribution in [0, 0.1) is 23.2 Å². The van der Waals surface area contributed by atoms with Gasteiger partial charge in [-0.2, -0.15) is 0 Å². The fourth-order valence-corrected chi connectivity index (χ4v) is 8.19. The van der Waals surface area contributed by atoms with Crippen LogP contribution < -0.4 is 0 Å². The summed E-state index contributed by atoms with van der Waals surface area (Å²) < 4.78 is 25.0. The van der Waals surface area contributed by atoms with Crippen LogP contribution in [0.3, 0.4) is 0 Å². The molecule has 48 heavy (non-hydrogen) atoms. The molecule has 0 aromatic heterocycles. The average molecular weight is 683 g/mol. The van der Waals surface area contributed by atoms with Gasteiger partial charge in [-0.3, -0.25) is 24.2 Å². The molecule has 1 amide bonds. The maximum absolute atomic E-state index is 14.3. The molecular formula is C36H66N4O8. The van der Waals surface area contributed by atoms with E-state index in [0.717, 1.165) is 13.1 Å². The van der Waals surface area contributed by atoms with Crippen LogP contribution in [0.1, 0.15) is 75.2 Å². The molecule has 0 aromatic carbocycles. The number of aliphatic hydroxyl groups excluding tert-OH is 1. The minimum atomic E-state index is -1.47. The number of amides is 1. The minimum absolute atomic E-state index is 0.0893. The number of cyclic esters (lactones) is 1. The quantitative estimate of drug-likeness (QED) is 0.285. The van der Waals surface area contributed by atoms with Crippen LogP contribution in [0.4, 0.5) is 0 Å². The summed E-state index contributed by atoms with van der Waals surface area (Å²) in [6.07, 6.45) is -1.76. The van der Waals surface area contributed by atoms with E-state index in [4.69, 9.17) is 18.9 Å². The zero-order valence-electron chi connectivity index (χ0n) is 32.0. The number of carbonyl (C=O) groups is 3. The first-order chi connectivity index (χ1) is 22.3. The van der Waals surface area contributed by atoms with E-state index in [-0.39, 0.29) is 54.4 Å². The van der Waals surface area contributed by atoms with Crippen LogP contribution in [0.2, 0.25) is 0 Å². The second kappa shape index (κ2) is 16.6. The number of rotatable bonds is 9. The summed E-state index contributed by atoms with van der Waals surface area (Å²) in [7, 11) is 7.48. The molecule has 12 heteroatoms. The van der Waals surface area contributed by atoms with Crippen LogP contribution in [-0.4, -0.2) is 158 Å². The van der Waals surface area contributed by atoms with Crippen molar-refractivity contribution >= 4 is 17.7 Å². The number of ether oxygens (including phenoxy) is 4. The molecule has 3 saturated heterocycles. The van der Waals surface area contributed by atoms with Crippen molar-refractivity contribution in [3.8, 4) is 0 Å². The number of aliphatic hydroxyl groups is 1. The molecule has 0 radical (unpaired) electrons. The van der Waals surface area contributed by atoms with Crippen LogP contribution >= 0.6 is 0 Å². The highest BCUT2D eigenvalue weighted by atomic mass is 16.7. The van der Waals surface area contributed by atoms with Crippen LogP contribution in [0.5, 0.6) is 0 Å². The van der Waals surface area contributed by atoms with Crippen molar-refractivity contribution in [2.45, 2.75) is 123 Å². The zero-order chi connectivity index (χ0) is 36.3. The summed E-state index contributed by atoms with van der Waals surface area (Å²) in [5, 5.41) is 11.3. The summed E-state index contributed by atoms with van der Waals surface area (Å²) in [4.78, 5) is 49.5. The summed E-state index contributed by atoms with van der Waals surface area (Å²) in [6.45, 7) is 20.7. The van der Waals surface area contributed by atoms with Gasteiger partial charge >= 0.3 is 5.97 Å². The lowest BCUT2D eigenvalue weighted by atomic mass is 9.74. The fraction of sp³-hybridized carbons (Fsp3) is 0.917. The van der Waals surface area contributed by atoms with Gasteiger partial charge in [0.15, 0.2) is 12.1 Å². The summed E-state index contributed by atoms with van der Waals surface area (Å²) in [5.74, 6) is -1.39. The second-order valence-corrected chi connectivity index (χ2v) is 15.7. The van der Waals surface area contributed by atoms with Crippen molar-refractivity contribution in [1.29, 1.82) is 0 Å². The highest BCUT2D eigenvalue weighted by Crippen LogP contribution is 2.38. The number of hydrogen-bond acceptors (Lipinski definition) is 11. The van der Waals surface area contributed by atoms with E-state index < -0.39 is 41.4 Å². The zero-order valence-corrected chi connectivity index (χ0v) is 32.0. The first-order valence-corrected chi connectivity index (χ1v) is 18.0. The predicted molar refractivity (Wildman–Crippen MR) is 184 cm³/mol. The fourth-order valence-electron chi connectivity index (χ4n) is 8.19. The number of nitrogens with zero attached hydrogens (tertiary/aromatic N) is 4. The summed E-state index contributed by atoms with van der Waals surface area (Å²) in [5.41, 5.74) is -2.43. The third-order valence-corrected chi connectivity index (χ3v) is 11.4. The van der Waals surface area contributed by atoms with Crippen molar-refractivity contribution in [1.82, 2.24) is 19.6 Å². The average Bonchev–Trinajstić information content (AvgIpc) is 3.00. The number of Topliss-reactive ketones (excluding diaryl/α,β-unsaturated/α-hetero) is 1. The molecule has 1 unspecified atom stereocenters. The topological polar surface area (TPSA) is 121 Å². The van der Waals surface area contributed by atoms with Gasteiger partial charge in [-0.15, -0.1) is 0 Å². The molecule has 3 heterocycles. The molecule has 0 bridgehead atoms. The highest BCUT2D eigenvalue weighted by molar-refractivity contribution is 6.04. The van der Waals surface area contributed by atoms with E-state index >= 15 is 0 Å². The molecule has 3 fully saturated rings. The number of carbonyl (C=O) groups excluding carboxylic acids is 3. The van der Waals surface area contributed by atoms with Crippen molar-refractivity contribution in [2.24, 2.45) is 23.2 Å². The van der Waals surface area contributed by atoms with Gasteiger partial charge in [0.1, 0.15) is 18.1 Å². The Morgan fingerprint density at radius 2 is 1.69 bits per heavy atom. The Hall–Kier alpha value is -1.67. The van der Waals surface area contributed by atoms with Gasteiger partial charge in [-0.25, -0.2) is 0 Å². The lowest BCUT2D eigenvalue weighted by molar-refractivity contribution is -0.295. The number of hydrogen-bond donors (Lipinski definition) is 1. The third kappa shape index (κ3) is 8.79. The molecule has 278 valence electrons. The Balaban J connectivity index is 1.90. The Morgan fingerprint density at radius 1 is 1.08 bits per heavy atom. The SMILES string of the molecule is CCN(CC)C(C)C(=O)N1CC([C@H]2COC(=O)C(C)(C)C(=O)[C@H](C)[C@@H](O[C@@H]3O[C@H](C)C[C@H](N(C)C)[C@H]3O)[C@](C)(OC)C[C@@H](C)CN2C)C1. The molecule has 3 aliphatic rings. The standard InChI is InChI=1S/C36H66N4O8/c1-14-39(15-2)25(6)32(43)40-19-26(20-40)28-21-46-34(44)35(7,8)30(42)24(5)31(36(9,45-13)17-22(3)18-38(28)12)48-33-29(41)27(37(10)11)16-23(4)47-33/h22-29,31,33,41H,14-21H2,1-13H3/t22-,23-,24+,25?,27+,28-,29-,31-,33+,36-/m1/s1. The number of likely N-dealkylation sites (N-methyl/N-ethyl adjacent to an activating group) is 3. The van der Waals surface area contributed by atoms with E-state index in [1.165, 1.54) is 0 Å². The predicted octanol–water partition coefficient (Wildman–Crippen LogP) is 2.51. The molecule has 10 atom stereocenters. The Bertz CT molecular complexity index is 1100. The number of esters is 1. The Kier molecular flexibility index (Phi) is 14.1. The van der Waals surface area contributed by atoms with E-state index in [1.54, 1.807) is 27.9 Å². The van der Waals surface area contributed by atoms with Gasteiger partial charge in [0.25, 0.3) is 0 Å². The molecule has 3 rings (SSSR count). The molecule has 3 aliphatic heterocycles. The van der Waals surface area contributed by atoms with Crippen molar-refractivity contribution in [2.75, 3.05) is 67.6 Å². The van der Waals surface area contributed by atoms with Gasteiger partial charge < -0.3 is 33.9 Å². The summed E-state index contributed by atoms with van der Waals surface area (Å²) >= 11 is 0. The van der Waals surface area contributed by atoms with Gasteiger partial charge in [0.2, 0.25) is 5.91 Å². The first-order valence-electron chi connectivity index (χ1n) is 18.0. The molecule has 0 saturated carbocycles. The van der Waals surface area contributed by atoms with Crippen molar-refractivity contribution in [3.05, 3.63) is 0 Å². The smallest absolute Gasteiger partial charge is 0.319 e. The van der Waals surface area contributed by atoms with Crippen molar-refractivity contribution in [3.63, 3.8) is 0 Å². The Labute approximate surface area is 289 Å². The van der Waals surface area contributed by atoms with E-state index in [2.05, 4.69) is 30.6 Å². The highest BCUT2D eigenvalue weighted by Gasteiger charge is 2.52. The van der Waals surface area contributed by atoms with Gasteiger partial charge in [-0.1, -0.05) is 27.7 Å². The molecule has 0 aromatic rings. The van der Waals surface area contributed by atoms with Gasteiger partial charge in [0, 0.05) is 50.7 Å². The number of ketones is 1. The second-order valence-electron chi connectivity index (χ2n) is 15.7. The van der Waals surface area contributed by atoms with Crippen LogP contribution in [-0.2, 0) is 33.3 Å².